The van der Waals surface area contributed by atoms with E-state index in [2.05, 4.69) is 11.5 Å². The molecule has 4 heterocycles. The second kappa shape index (κ2) is 10.3. The van der Waals surface area contributed by atoms with Gasteiger partial charge in [0.15, 0.2) is 0 Å². The molecule has 2 bridgehead atoms. The van der Waals surface area contributed by atoms with Crippen LogP contribution < -0.4 is 0 Å². The van der Waals surface area contributed by atoms with Crippen LogP contribution in [0.1, 0.15) is 26.7 Å². The van der Waals surface area contributed by atoms with Gasteiger partial charge < -0.3 is 29.1 Å². The predicted molar refractivity (Wildman–Crippen MR) is 122 cm³/mol. The minimum atomic E-state index is -1.09. The van der Waals surface area contributed by atoms with E-state index in [-0.39, 0.29) is 25.0 Å². The van der Waals surface area contributed by atoms with E-state index in [4.69, 9.17) is 14.2 Å². The minimum Gasteiger partial charge on any atom is -0.466 e. The Kier molecular flexibility index (Phi) is 7.61. The zero-order valence-corrected chi connectivity index (χ0v) is 20.2. The van der Waals surface area contributed by atoms with E-state index in [0.29, 0.717) is 45.7 Å². The summed E-state index contributed by atoms with van der Waals surface area (Å²) in [4.78, 5) is 46.0. The number of hydrogen-bond acceptors (Lipinski definition) is 8. The highest BCUT2D eigenvalue weighted by molar-refractivity contribution is 5.98. The Morgan fingerprint density at radius 3 is 2.76 bits per heavy atom. The molecule has 1 N–H and O–H groups in total. The van der Waals surface area contributed by atoms with Crippen LogP contribution in [-0.2, 0) is 28.6 Å². The summed E-state index contributed by atoms with van der Waals surface area (Å²) < 4.78 is 17.1. The fourth-order valence-corrected chi connectivity index (χ4v) is 6.15. The Morgan fingerprint density at radius 1 is 1.38 bits per heavy atom. The Morgan fingerprint density at radius 2 is 2.12 bits per heavy atom. The van der Waals surface area contributed by atoms with Gasteiger partial charge in [-0.1, -0.05) is 6.08 Å². The third-order valence-corrected chi connectivity index (χ3v) is 7.72. The highest BCUT2D eigenvalue weighted by atomic mass is 16.6. The number of esters is 1. The molecule has 10 nitrogen and oxygen atoms in total. The van der Waals surface area contributed by atoms with Gasteiger partial charge in [0.2, 0.25) is 11.8 Å². The summed E-state index contributed by atoms with van der Waals surface area (Å²) in [6.45, 7) is 11.6. The maximum absolute atomic E-state index is 14.1. The van der Waals surface area contributed by atoms with Gasteiger partial charge in [0.25, 0.3) is 0 Å². The topological polar surface area (TPSA) is 109 Å². The molecule has 1 spiro atoms. The number of amides is 2. The smallest absolute Gasteiger partial charge is 0.312 e. The molecule has 0 radical (unpaired) electrons. The van der Waals surface area contributed by atoms with Crippen LogP contribution in [0.5, 0.6) is 0 Å². The van der Waals surface area contributed by atoms with Crippen LogP contribution in [0.4, 0.5) is 0 Å². The molecule has 4 aliphatic rings. The second-order valence-electron chi connectivity index (χ2n) is 9.61. The van der Waals surface area contributed by atoms with Crippen LogP contribution in [0.25, 0.3) is 0 Å². The fourth-order valence-electron chi connectivity index (χ4n) is 6.15. The molecule has 0 aliphatic carbocycles. The maximum atomic E-state index is 14.1. The van der Waals surface area contributed by atoms with Crippen molar-refractivity contribution >= 4 is 17.8 Å². The molecular formula is C24H37N3O7. The van der Waals surface area contributed by atoms with Gasteiger partial charge in [-0.3, -0.25) is 19.3 Å². The highest BCUT2D eigenvalue weighted by Gasteiger charge is 2.75. The van der Waals surface area contributed by atoms with Gasteiger partial charge in [-0.25, -0.2) is 0 Å². The molecule has 4 fully saturated rings. The summed E-state index contributed by atoms with van der Waals surface area (Å²) in [5.74, 6) is -2.50. The lowest BCUT2D eigenvalue weighted by molar-refractivity contribution is -0.156. The SMILES string of the molecule is C=CCN(CCN1CCOCC1)C(=O)C1N([C@H](C)CO)C(=O)[C@@H]2[C@@H](C(=O)OCC)[C@H]3CCC12O3. The van der Waals surface area contributed by atoms with Crippen LogP contribution in [0.2, 0.25) is 0 Å². The molecule has 2 unspecified atom stereocenters. The maximum Gasteiger partial charge on any atom is 0.312 e. The van der Waals surface area contributed by atoms with E-state index >= 15 is 0 Å². The summed E-state index contributed by atoms with van der Waals surface area (Å²) in [6.07, 6.45) is 2.35. The molecule has 2 amide bonds. The molecule has 0 aromatic rings. The monoisotopic (exact) mass is 479 g/mol. The zero-order chi connectivity index (χ0) is 24.5. The number of fused-ring (bicyclic) bond motifs is 1. The molecule has 0 saturated carbocycles. The summed E-state index contributed by atoms with van der Waals surface area (Å²) >= 11 is 0. The Balaban J connectivity index is 1.63. The number of aliphatic hydroxyl groups is 1. The van der Waals surface area contributed by atoms with Crippen molar-refractivity contribution in [1.29, 1.82) is 0 Å². The van der Waals surface area contributed by atoms with Crippen molar-refractivity contribution in [2.75, 3.05) is 59.2 Å². The van der Waals surface area contributed by atoms with Gasteiger partial charge in [0, 0.05) is 32.7 Å². The first-order valence-corrected chi connectivity index (χ1v) is 12.4. The first-order chi connectivity index (χ1) is 16.4. The number of aliphatic hydroxyl groups excluding tert-OH is 1. The van der Waals surface area contributed by atoms with Crippen molar-refractivity contribution in [2.24, 2.45) is 11.8 Å². The highest BCUT2D eigenvalue weighted by Crippen LogP contribution is 2.59. The summed E-state index contributed by atoms with van der Waals surface area (Å²) in [6, 6.07) is -1.49. The van der Waals surface area contributed by atoms with Gasteiger partial charge in [-0.15, -0.1) is 6.58 Å². The summed E-state index contributed by atoms with van der Waals surface area (Å²) in [7, 11) is 0. The van der Waals surface area contributed by atoms with Gasteiger partial charge in [0.05, 0.1) is 50.4 Å². The molecule has 4 saturated heterocycles. The van der Waals surface area contributed by atoms with E-state index < -0.39 is 41.6 Å². The molecule has 34 heavy (non-hydrogen) atoms. The second-order valence-corrected chi connectivity index (χ2v) is 9.61. The van der Waals surface area contributed by atoms with E-state index in [1.54, 1.807) is 24.8 Å². The average Bonchev–Trinajstić information content (AvgIpc) is 3.49. The van der Waals surface area contributed by atoms with Crippen LogP contribution >= 0.6 is 0 Å². The lowest BCUT2D eigenvalue weighted by Gasteiger charge is -2.39. The summed E-state index contributed by atoms with van der Waals surface area (Å²) in [5.41, 5.74) is -1.09. The average molecular weight is 480 g/mol. The van der Waals surface area contributed by atoms with Gasteiger partial charge in [0.1, 0.15) is 11.6 Å². The number of likely N-dealkylation sites (tertiary alicyclic amines) is 1. The lowest BCUT2D eigenvalue weighted by Crippen LogP contribution is -2.59. The standard InChI is InChI=1S/C24H37N3O7/c1-4-8-26(10-9-25-11-13-32-14-12-25)22(30)20-24-7-6-17(34-24)18(23(31)33-5-2)19(24)21(29)27(20)16(3)15-28/h4,16-20,28H,1,5-15H2,2-3H3/t16-,17-,18+,19+,20?,24?/m1/s1. The molecule has 0 aromatic heterocycles. The van der Waals surface area contributed by atoms with Crippen LogP contribution in [0.15, 0.2) is 12.7 Å². The largest absolute Gasteiger partial charge is 0.466 e. The van der Waals surface area contributed by atoms with E-state index in [1.807, 2.05) is 0 Å². The van der Waals surface area contributed by atoms with E-state index in [0.717, 1.165) is 13.1 Å². The normalized spacial score (nSPS) is 33.6. The Bertz CT molecular complexity index is 801. The van der Waals surface area contributed by atoms with Crippen LogP contribution in [0.3, 0.4) is 0 Å². The van der Waals surface area contributed by atoms with Crippen molar-refractivity contribution in [1.82, 2.24) is 14.7 Å². The van der Waals surface area contributed by atoms with Gasteiger partial charge >= 0.3 is 5.97 Å². The fraction of sp³-hybridized carbons (Fsp3) is 0.792. The minimum absolute atomic E-state index is 0.212. The molecule has 0 aromatic carbocycles. The molecular weight excluding hydrogens is 442 g/mol. The molecule has 6 atom stereocenters. The van der Waals surface area contributed by atoms with Crippen molar-refractivity contribution in [2.45, 2.75) is 50.5 Å². The first-order valence-electron chi connectivity index (χ1n) is 12.4. The van der Waals surface area contributed by atoms with Gasteiger partial charge in [-0.2, -0.15) is 0 Å². The third-order valence-electron chi connectivity index (χ3n) is 7.72. The van der Waals surface area contributed by atoms with Crippen LogP contribution in [0, 0.1) is 11.8 Å². The summed E-state index contributed by atoms with van der Waals surface area (Å²) in [5, 5.41) is 9.93. The number of hydrogen-bond donors (Lipinski definition) is 1. The number of carbonyl (C=O) groups excluding carboxylic acids is 3. The lowest BCUT2D eigenvalue weighted by atomic mass is 9.70. The number of carbonyl (C=O) groups is 3. The molecule has 190 valence electrons. The molecule has 4 aliphatic heterocycles. The number of ether oxygens (including phenoxy) is 3. The van der Waals surface area contributed by atoms with Crippen LogP contribution in [-0.4, -0.2) is 121 Å². The number of rotatable bonds is 10. The van der Waals surface area contributed by atoms with Crippen molar-refractivity contribution in [3.05, 3.63) is 12.7 Å². The predicted octanol–water partition coefficient (Wildman–Crippen LogP) is -0.348. The third kappa shape index (κ3) is 4.14. The van der Waals surface area contributed by atoms with E-state index in [9.17, 15) is 19.5 Å². The Labute approximate surface area is 200 Å². The van der Waals surface area contributed by atoms with Crippen molar-refractivity contribution < 1.29 is 33.7 Å². The quantitative estimate of drug-likeness (QED) is 0.335. The first kappa shape index (κ1) is 25.1. The van der Waals surface area contributed by atoms with Crippen molar-refractivity contribution in [3.63, 3.8) is 0 Å². The van der Waals surface area contributed by atoms with Crippen molar-refractivity contribution in [3.8, 4) is 0 Å². The zero-order valence-electron chi connectivity index (χ0n) is 20.2. The number of morpholine rings is 1. The number of nitrogens with zero attached hydrogens (tertiary/aromatic N) is 3. The van der Waals surface area contributed by atoms with Gasteiger partial charge in [-0.05, 0) is 26.7 Å². The Hall–Kier alpha value is -2.01. The molecule has 10 heteroatoms. The van der Waals surface area contributed by atoms with E-state index in [1.165, 1.54) is 4.90 Å². The molecule has 4 rings (SSSR count).